The lowest BCUT2D eigenvalue weighted by molar-refractivity contribution is -0.137. The summed E-state index contributed by atoms with van der Waals surface area (Å²) in [5.74, 6) is -0.806. The fourth-order valence-electron chi connectivity index (χ4n) is 7.66. The highest BCUT2D eigenvalue weighted by Crippen LogP contribution is 2.47. The van der Waals surface area contributed by atoms with Gasteiger partial charge in [0.15, 0.2) is 0 Å². The van der Waals surface area contributed by atoms with Crippen molar-refractivity contribution in [3.63, 3.8) is 0 Å². The third kappa shape index (κ3) is 5.60. The Morgan fingerprint density at radius 1 is 1.27 bits per heavy atom. The topological polar surface area (TPSA) is 112 Å². The molecule has 0 unspecified atom stereocenters. The summed E-state index contributed by atoms with van der Waals surface area (Å²) in [7, 11) is 1.69. The summed E-state index contributed by atoms with van der Waals surface area (Å²) in [6.45, 7) is 5.42. The second kappa shape index (κ2) is 12.1. The van der Waals surface area contributed by atoms with Gasteiger partial charge in [0.2, 0.25) is 5.91 Å². The summed E-state index contributed by atoms with van der Waals surface area (Å²) in [4.78, 5) is 26.9. The summed E-state index contributed by atoms with van der Waals surface area (Å²) >= 11 is 0.790. The molecule has 2 aromatic heterocycles. The first kappa shape index (κ1) is 33.0. The number of nitriles is 1. The maximum Gasteiger partial charge on any atom is 0.417 e. The number of thiophene rings is 1. The van der Waals surface area contributed by atoms with Crippen LogP contribution in [-0.4, -0.2) is 83.3 Å². The van der Waals surface area contributed by atoms with Gasteiger partial charge < -0.3 is 20.3 Å². The number of ether oxygens (including phenoxy) is 1. The average Bonchev–Trinajstić information content (AvgIpc) is 3.84. The normalized spacial score (nSPS) is 22.5. The van der Waals surface area contributed by atoms with Crippen molar-refractivity contribution in [2.45, 2.75) is 49.6 Å². The Labute approximate surface area is 282 Å². The van der Waals surface area contributed by atoms with Gasteiger partial charge in [0.1, 0.15) is 35.5 Å². The molecule has 0 saturated carbocycles. The minimum atomic E-state index is -4.87. The molecule has 4 aromatic rings. The number of alkyl halides is 4. The molecule has 7 rings (SSSR count). The molecule has 3 aliphatic rings. The van der Waals surface area contributed by atoms with Crippen LogP contribution in [-0.2, 0) is 11.0 Å². The van der Waals surface area contributed by atoms with Gasteiger partial charge in [-0.15, -0.1) is 11.3 Å². The number of anilines is 2. The van der Waals surface area contributed by atoms with Gasteiger partial charge in [0, 0.05) is 49.9 Å². The van der Waals surface area contributed by atoms with E-state index in [0.29, 0.717) is 32.5 Å². The van der Waals surface area contributed by atoms with Crippen molar-refractivity contribution < 1.29 is 31.5 Å². The van der Waals surface area contributed by atoms with Crippen molar-refractivity contribution in [3.05, 3.63) is 53.9 Å². The number of rotatable bonds is 7. The predicted octanol–water partition coefficient (Wildman–Crippen LogP) is 6.30. The molecular formula is C34H32F5N7O2S. The Morgan fingerprint density at radius 3 is 2.80 bits per heavy atom. The van der Waals surface area contributed by atoms with Gasteiger partial charge in [0.05, 0.1) is 26.9 Å². The van der Waals surface area contributed by atoms with Gasteiger partial charge in [-0.25, -0.2) is 8.78 Å². The molecule has 3 saturated heterocycles. The van der Waals surface area contributed by atoms with E-state index in [9.17, 15) is 32.0 Å². The molecule has 3 fully saturated rings. The smallest absolute Gasteiger partial charge is 0.417 e. The van der Waals surface area contributed by atoms with Crippen LogP contribution in [0.25, 0.3) is 32.1 Å². The maximum atomic E-state index is 14.9. The molecule has 3 atom stereocenters. The zero-order valence-corrected chi connectivity index (χ0v) is 27.3. The molecular weight excluding hydrogens is 665 g/mol. The molecule has 256 valence electrons. The molecule has 9 nitrogen and oxygen atoms in total. The summed E-state index contributed by atoms with van der Waals surface area (Å²) in [6, 6.07) is 6.00. The van der Waals surface area contributed by atoms with E-state index in [1.807, 2.05) is 6.07 Å². The van der Waals surface area contributed by atoms with Crippen molar-refractivity contribution in [1.29, 1.82) is 5.26 Å². The third-order valence-corrected chi connectivity index (χ3v) is 11.1. The summed E-state index contributed by atoms with van der Waals surface area (Å²) < 4.78 is 80.4. The lowest BCUT2D eigenvalue weighted by Crippen LogP contribution is -2.43. The molecule has 2 aromatic carbocycles. The number of likely N-dealkylation sites (tertiary alicyclic amines) is 1. The highest BCUT2D eigenvalue weighted by molar-refractivity contribution is 7.23. The number of nitrogens with zero attached hydrogens (tertiary/aromatic N) is 6. The van der Waals surface area contributed by atoms with Crippen molar-refractivity contribution in [2.75, 3.05) is 50.5 Å². The fraction of sp³-hybridized carbons (Fsp3) is 0.412. The van der Waals surface area contributed by atoms with E-state index >= 15 is 0 Å². The number of benzene rings is 2. The quantitative estimate of drug-likeness (QED) is 0.177. The van der Waals surface area contributed by atoms with Crippen LogP contribution in [0.4, 0.5) is 32.8 Å². The second-order valence-electron chi connectivity index (χ2n) is 12.9. The zero-order chi connectivity index (χ0) is 34.8. The number of likely N-dealkylation sites (N-methyl/N-ethyl adjacent to an activating group) is 1. The Hall–Kier alpha value is -4.55. The van der Waals surface area contributed by atoms with E-state index in [-0.39, 0.29) is 73.1 Å². The van der Waals surface area contributed by atoms with Gasteiger partial charge in [-0.2, -0.15) is 28.4 Å². The first-order chi connectivity index (χ1) is 23.3. The van der Waals surface area contributed by atoms with Crippen molar-refractivity contribution in [2.24, 2.45) is 0 Å². The van der Waals surface area contributed by atoms with Crippen LogP contribution in [0.5, 0.6) is 6.01 Å². The average molecular weight is 698 g/mol. The van der Waals surface area contributed by atoms with Crippen LogP contribution < -0.4 is 15.4 Å². The van der Waals surface area contributed by atoms with E-state index in [4.69, 9.17) is 10.5 Å². The molecule has 3 aliphatic heterocycles. The Balaban J connectivity index is 1.40. The van der Waals surface area contributed by atoms with Crippen LogP contribution >= 0.6 is 11.3 Å². The second-order valence-corrected chi connectivity index (χ2v) is 14.0. The van der Waals surface area contributed by atoms with E-state index in [1.54, 1.807) is 16.8 Å². The number of fused-ring (bicyclic) bond motifs is 3. The number of amides is 1. The maximum absolute atomic E-state index is 14.9. The summed E-state index contributed by atoms with van der Waals surface area (Å²) in [5.41, 5.74) is 4.09. The van der Waals surface area contributed by atoms with Crippen LogP contribution in [0, 0.1) is 17.1 Å². The van der Waals surface area contributed by atoms with Crippen LogP contribution in [0.3, 0.4) is 0 Å². The van der Waals surface area contributed by atoms with Crippen LogP contribution in [0.15, 0.2) is 36.9 Å². The number of hydrogen-bond donors (Lipinski definition) is 1. The van der Waals surface area contributed by atoms with Gasteiger partial charge in [-0.05, 0) is 61.2 Å². The molecule has 0 radical (unpaired) electrons. The standard InChI is InChI=1S/C34H32F5N7O2S/c1-3-27(47)45-10-7-19(16-45)44(2)31-22-11-24(34(37,38)39)21(20-5-6-25(36)29-28(20)23(14-40)30(41)49-29)12-26(22)42-32(43-31)48-17-33-8-4-9-46(33)15-18(35)13-33/h3,5-6,11-12,18-19H,1,4,7-10,13,15-17,41H2,2H3/t18-,19-,33+/m1/s1. The van der Waals surface area contributed by atoms with E-state index in [2.05, 4.69) is 21.4 Å². The van der Waals surface area contributed by atoms with Gasteiger partial charge in [0.25, 0.3) is 0 Å². The lowest BCUT2D eigenvalue weighted by atomic mass is 9.93. The molecule has 0 bridgehead atoms. The molecule has 15 heteroatoms. The number of carbonyl (C=O) groups is 1. The number of nitrogens with two attached hydrogens (primary N) is 1. The monoisotopic (exact) mass is 697 g/mol. The number of halogens is 5. The molecule has 0 spiro atoms. The largest absolute Gasteiger partial charge is 0.461 e. The number of hydrogen-bond acceptors (Lipinski definition) is 9. The van der Waals surface area contributed by atoms with Crippen LogP contribution in [0.1, 0.15) is 36.8 Å². The molecule has 49 heavy (non-hydrogen) atoms. The number of aromatic nitrogens is 2. The van der Waals surface area contributed by atoms with Crippen LogP contribution in [0.2, 0.25) is 0 Å². The first-order valence-electron chi connectivity index (χ1n) is 15.8. The van der Waals surface area contributed by atoms with Gasteiger partial charge >= 0.3 is 12.2 Å². The van der Waals surface area contributed by atoms with E-state index < -0.39 is 29.3 Å². The minimum absolute atomic E-state index is 0.0107. The summed E-state index contributed by atoms with van der Waals surface area (Å²) in [6.07, 6.45) is -2.21. The molecule has 2 N–H and O–H groups in total. The van der Waals surface area contributed by atoms with Gasteiger partial charge in [-0.3, -0.25) is 9.69 Å². The zero-order valence-electron chi connectivity index (χ0n) is 26.5. The number of carbonyl (C=O) groups excluding carboxylic acids is 1. The van der Waals surface area contributed by atoms with Gasteiger partial charge in [-0.1, -0.05) is 12.6 Å². The predicted molar refractivity (Wildman–Crippen MR) is 177 cm³/mol. The third-order valence-electron chi connectivity index (χ3n) is 10.1. The SMILES string of the molecule is C=CC(=O)N1CC[C@@H](N(C)c2nc(OC[C@@]34CCCN3C[C@H](F)C4)nc3cc(-c4ccc(F)c5sc(N)c(C#N)c45)c(C(F)(F)F)cc23)C1. The van der Waals surface area contributed by atoms with Crippen molar-refractivity contribution in [1.82, 2.24) is 19.8 Å². The number of nitrogen functional groups attached to an aromatic ring is 1. The Morgan fingerprint density at radius 2 is 2.06 bits per heavy atom. The van der Waals surface area contributed by atoms with Crippen molar-refractivity contribution >= 4 is 49.1 Å². The van der Waals surface area contributed by atoms with E-state index in [0.717, 1.165) is 42.9 Å². The minimum Gasteiger partial charge on any atom is -0.461 e. The molecule has 5 heterocycles. The highest BCUT2D eigenvalue weighted by atomic mass is 32.1. The first-order valence-corrected chi connectivity index (χ1v) is 16.6. The fourth-order valence-corrected chi connectivity index (χ4v) is 8.61. The molecule has 1 amide bonds. The summed E-state index contributed by atoms with van der Waals surface area (Å²) in [5, 5.41) is 9.89. The Bertz CT molecular complexity index is 2050. The Kier molecular flexibility index (Phi) is 8.14. The highest BCUT2D eigenvalue weighted by Gasteiger charge is 2.49. The lowest BCUT2D eigenvalue weighted by Gasteiger charge is -2.31. The van der Waals surface area contributed by atoms with Crippen molar-refractivity contribution in [3.8, 4) is 23.2 Å². The van der Waals surface area contributed by atoms with E-state index in [1.165, 1.54) is 18.2 Å². The molecule has 0 aliphatic carbocycles.